The largest absolute Gasteiger partial charge is 0.356 e. The molecule has 0 aromatic carbocycles. The highest BCUT2D eigenvalue weighted by atomic mass is 16.2. The number of nitrogens with one attached hydrogen (secondary N) is 1. The molecule has 2 fully saturated rings. The molecule has 4 heteroatoms. The lowest BCUT2D eigenvalue weighted by Crippen LogP contribution is -2.46. The maximum absolute atomic E-state index is 12.3. The molecule has 1 unspecified atom stereocenters. The van der Waals surface area contributed by atoms with Gasteiger partial charge in [0.1, 0.15) is 0 Å². The Morgan fingerprint density at radius 1 is 1.28 bits per heavy atom. The lowest BCUT2D eigenvalue weighted by molar-refractivity contribution is -0.138. The molecule has 0 aromatic rings. The first-order chi connectivity index (χ1) is 8.43. The van der Waals surface area contributed by atoms with Crippen molar-refractivity contribution in [2.45, 2.75) is 40.0 Å². The molecule has 4 nitrogen and oxygen atoms in total. The Balaban J connectivity index is 1.90. The van der Waals surface area contributed by atoms with Crippen molar-refractivity contribution < 1.29 is 9.59 Å². The summed E-state index contributed by atoms with van der Waals surface area (Å²) >= 11 is 0. The molecule has 102 valence electrons. The van der Waals surface area contributed by atoms with E-state index in [1.165, 1.54) is 0 Å². The topological polar surface area (TPSA) is 49.4 Å². The van der Waals surface area contributed by atoms with Crippen LogP contribution in [0.25, 0.3) is 0 Å². The van der Waals surface area contributed by atoms with Crippen LogP contribution in [-0.4, -0.2) is 36.3 Å². The van der Waals surface area contributed by atoms with E-state index in [9.17, 15) is 9.59 Å². The zero-order valence-electron chi connectivity index (χ0n) is 11.7. The molecule has 2 aliphatic heterocycles. The Hall–Kier alpha value is -1.06. The fourth-order valence-electron chi connectivity index (χ4n) is 2.88. The summed E-state index contributed by atoms with van der Waals surface area (Å²) in [5.41, 5.74) is 0.134. The van der Waals surface area contributed by atoms with Crippen LogP contribution in [0.15, 0.2) is 0 Å². The summed E-state index contributed by atoms with van der Waals surface area (Å²) in [6, 6.07) is 0. The molecule has 0 aliphatic carbocycles. The van der Waals surface area contributed by atoms with Crippen molar-refractivity contribution in [1.82, 2.24) is 10.2 Å². The van der Waals surface area contributed by atoms with E-state index in [0.29, 0.717) is 12.3 Å². The summed E-state index contributed by atoms with van der Waals surface area (Å²) in [7, 11) is 0. The molecule has 1 spiro atoms. The summed E-state index contributed by atoms with van der Waals surface area (Å²) in [6.45, 7) is 8.61. The summed E-state index contributed by atoms with van der Waals surface area (Å²) < 4.78 is 0. The minimum atomic E-state index is 0.0994. The predicted molar refractivity (Wildman–Crippen MR) is 69.9 cm³/mol. The number of hydrogen-bond acceptors (Lipinski definition) is 2. The van der Waals surface area contributed by atoms with Gasteiger partial charge in [-0.15, -0.1) is 0 Å². The average Bonchev–Trinajstić information content (AvgIpc) is 2.70. The van der Waals surface area contributed by atoms with Crippen LogP contribution in [0, 0.1) is 17.3 Å². The monoisotopic (exact) mass is 252 g/mol. The van der Waals surface area contributed by atoms with E-state index < -0.39 is 0 Å². The van der Waals surface area contributed by atoms with Crippen LogP contribution in [0.4, 0.5) is 0 Å². The summed E-state index contributed by atoms with van der Waals surface area (Å²) in [6.07, 6.45) is 2.57. The van der Waals surface area contributed by atoms with Crippen LogP contribution < -0.4 is 5.32 Å². The second-order valence-electron chi connectivity index (χ2n) is 6.31. The molecule has 1 atom stereocenters. The third kappa shape index (κ3) is 2.52. The van der Waals surface area contributed by atoms with Gasteiger partial charge < -0.3 is 10.2 Å². The summed E-state index contributed by atoms with van der Waals surface area (Å²) in [4.78, 5) is 25.6. The van der Waals surface area contributed by atoms with Gasteiger partial charge in [-0.25, -0.2) is 0 Å². The molecule has 0 aromatic heterocycles. The second-order valence-corrected chi connectivity index (χ2v) is 6.31. The number of rotatable bonds is 2. The van der Waals surface area contributed by atoms with Crippen molar-refractivity contribution in [2.24, 2.45) is 17.3 Å². The van der Waals surface area contributed by atoms with E-state index in [0.717, 1.165) is 32.5 Å². The fourth-order valence-corrected chi connectivity index (χ4v) is 2.88. The van der Waals surface area contributed by atoms with Crippen LogP contribution in [-0.2, 0) is 9.59 Å². The van der Waals surface area contributed by atoms with Crippen LogP contribution in [0.1, 0.15) is 40.0 Å². The standard InChI is InChI=1S/C14H24N2O2/c1-10(2)11(3)13(18)16-6-4-14(5-7-16)8-12(17)15-9-14/h10-11H,4-9H2,1-3H3,(H,15,17). The minimum Gasteiger partial charge on any atom is -0.356 e. The molecule has 2 heterocycles. The van der Waals surface area contributed by atoms with Gasteiger partial charge in [0, 0.05) is 32.0 Å². The number of piperidine rings is 1. The van der Waals surface area contributed by atoms with E-state index in [2.05, 4.69) is 19.2 Å². The van der Waals surface area contributed by atoms with E-state index in [-0.39, 0.29) is 23.1 Å². The van der Waals surface area contributed by atoms with Crippen LogP contribution in [0.3, 0.4) is 0 Å². The molecule has 2 saturated heterocycles. The fraction of sp³-hybridized carbons (Fsp3) is 0.857. The Bertz CT molecular complexity index is 344. The molecule has 0 bridgehead atoms. The van der Waals surface area contributed by atoms with Crippen molar-refractivity contribution in [3.63, 3.8) is 0 Å². The van der Waals surface area contributed by atoms with Crippen molar-refractivity contribution in [1.29, 1.82) is 0 Å². The molecule has 0 radical (unpaired) electrons. The third-order valence-electron chi connectivity index (χ3n) is 4.72. The molecular weight excluding hydrogens is 228 g/mol. The first-order valence-electron chi connectivity index (χ1n) is 6.99. The van der Waals surface area contributed by atoms with E-state index in [1.807, 2.05) is 11.8 Å². The van der Waals surface area contributed by atoms with Gasteiger partial charge in [0.2, 0.25) is 11.8 Å². The van der Waals surface area contributed by atoms with Crippen molar-refractivity contribution in [3.05, 3.63) is 0 Å². The Morgan fingerprint density at radius 3 is 2.33 bits per heavy atom. The quantitative estimate of drug-likeness (QED) is 0.808. The van der Waals surface area contributed by atoms with Gasteiger partial charge in [-0.1, -0.05) is 20.8 Å². The number of amides is 2. The molecule has 2 rings (SSSR count). The lowest BCUT2D eigenvalue weighted by atomic mass is 9.77. The summed E-state index contributed by atoms with van der Waals surface area (Å²) in [5.74, 6) is 0.938. The zero-order chi connectivity index (χ0) is 13.3. The Labute approximate surface area is 109 Å². The Morgan fingerprint density at radius 2 is 1.89 bits per heavy atom. The van der Waals surface area contributed by atoms with E-state index >= 15 is 0 Å². The van der Waals surface area contributed by atoms with E-state index in [1.54, 1.807) is 0 Å². The number of nitrogens with zero attached hydrogens (tertiary/aromatic N) is 1. The van der Waals surface area contributed by atoms with Crippen LogP contribution in [0.5, 0.6) is 0 Å². The normalized spacial score (nSPS) is 24.4. The van der Waals surface area contributed by atoms with Gasteiger partial charge in [0.15, 0.2) is 0 Å². The number of carbonyl (C=O) groups excluding carboxylic acids is 2. The highest BCUT2D eigenvalue weighted by molar-refractivity contribution is 5.80. The van der Waals surface area contributed by atoms with Crippen LogP contribution >= 0.6 is 0 Å². The molecule has 18 heavy (non-hydrogen) atoms. The van der Waals surface area contributed by atoms with Crippen LogP contribution in [0.2, 0.25) is 0 Å². The Kier molecular flexibility index (Phi) is 3.64. The smallest absolute Gasteiger partial charge is 0.225 e. The van der Waals surface area contributed by atoms with Crippen molar-refractivity contribution >= 4 is 11.8 Å². The van der Waals surface area contributed by atoms with Gasteiger partial charge in [-0.2, -0.15) is 0 Å². The summed E-state index contributed by atoms with van der Waals surface area (Å²) in [5, 5.41) is 2.92. The van der Waals surface area contributed by atoms with Gasteiger partial charge in [-0.3, -0.25) is 9.59 Å². The third-order valence-corrected chi connectivity index (χ3v) is 4.72. The lowest BCUT2D eigenvalue weighted by Gasteiger charge is -2.39. The first-order valence-corrected chi connectivity index (χ1v) is 6.99. The van der Waals surface area contributed by atoms with Gasteiger partial charge in [0.25, 0.3) is 0 Å². The average molecular weight is 252 g/mol. The maximum Gasteiger partial charge on any atom is 0.225 e. The van der Waals surface area contributed by atoms with Gasteiger partial charge in [0.05, 0.1) is 0 Å². The van der Waals surface area contributed by atoms with Crippen molar-refractivity contribution in [3.8, 4) is 0 Å². The molecule has 1 N–H and O–H groups in total. The number of hydrogen-bond donors (Lipinski definition) is 1. The molecule has 0 saturated carbocycles. The molecular formula is C14H24N2O2. The SMILES string of the molecule is CC(C)C(C)C(=O)N1CCC2(CC1)CNC(=O)C2. The second kappa shape index (κ2) is 4.90. The minimum absolute atomic E-state index is 0.0994. The van der Waals surface area contributed by atoms with Gasteiger partial charge >= 0.3 is 0 Å². The highest BCUT2D eigenvalue weighted by Crippen LogP contribution is 2.37. The maximum atomic E-state index is 12.3. The van der Waals surface area contributed by atoms with Crippen molar-refractivity contribution in [2.75, 3.05) is 19.6 Å². The first kappa shape index (κ1) is 13.4. The zero-order valence-corrected chi connectivity index (χ0v) is 11.7. The molecule has 2 amide bonds. The van der Waals surface area contributed by atoms with E-state index in [4.69, 9.17) is 0 Å². The highest BCUT2D eigenvalue weighted by Gasteiger charge is 2.42. The predicted octanol–water partition coefficient (Wildman–Crippen LogP) is 1.41. The number of likely N-dealkylation sites (tertiary alicyclic amines) is 1. The van der Waals surface area contributed by atoms with Gasteiger partial charge in [-0.05, 0) is 24.2 Å². The molecule has 2 aliphatic rings. The number of carbonyl (C=O) groups is 2.